The molecular formula is C12H18N2O3. The highest BCUT2D eigenvalue weighted by atomic mass is 16.3. The topological polar surface area (TPSA) is 74.5 Å². The number of rotatable bonds is 4. The van der Waals surface area contributed by atoms with Crippen molar-refractivity contribution in [3.8, 4) is 0 Å². The van der Waals surface area contributed by atoms with Crippen molar-refractivity contribution in [1.29, 1.82) is 0 Å². The van der Waals surface area contributed by atoms with Gasteiger partial charge in [-0.3, -0.25) is 4.79 Å². The summed E-state index contributed by atoms with van der Waals surface area (Å²) in [4.78, 5) is 12.1. The van der Waals surface area contributed by atoms with Crippen molar-refractivity contribution >= 4 is 5.91 Å². The van der Waals surface area contributed by atoms with Crippen LogP contribution in [0.2, 0.25) is 0 Å². The van der Waals surface area contributed by atoms with Crippen molar-refractivity contribution in [2.75, 3.05) is 13.2 Å². The summed E-state index contributed by atoms with van der Waals surface area (Å²) in [5.74, 6) is 0.480. The second kappa shape index (κ2) is 4.89. The molecule has 0 aromatic carbocycles. The molecule has 0 saturated carbocycles. The van der Waals surface area contributed by atoms with E-state index in [2.05, 4.69) is 10.6 Å². The Morgan fingerprint density at radius 3 is 3.12 bits per heavy atom. The molecule has 1 aromatic heterocycles. The second-order valence-electron chi connectivity index (χ2n) is 4.59. The molecule has 2 heterocycles. The van der Waals surface area contributed by atoms with Crippen molar-refractivity contribution in [1.82, 2.24) is 10.6 Å². The van der Waals surface area contributed by atoms with Crippen molar-refractivity contribution < 1.29 is 14.3 Å². The number of carbonyl (C=O) groups excluding carboxylic acids is 1. The first-order valence-electron chi connectivity index (χ1n) is 5.86. The number of hydrogen-bond donors (Lipinski definition) is 3. The van der Waals surface area contributed by atoms with Gasteiger partial charge in [-0.05, 0) is 38.4 Å². The van der Waals surface area contributed by atoms with Gasteiger partial charge >= 0.3 is 0 Å². The SMILES string of the molecule is CC1(C(=O)NC(CO)c2ccco2)CCCN1. The molecule has 1 saturated heterocycles. The first kappa shape index (κ1) is 12.1. The average molecular weight is 238 g/mol. The first-order valence-corrected chi connectivity index (χ1v) is 5.86. The summed E-state index contributed by atoms with van der Waals surface area (Å²) in [6.45, 7) is 2.57. The highest BCUT2D eigenvalue weighted by Crippen LogP contribution is 2.21. The number of aliphatic hydroxyl groups excluding tert-OH is 1. The molecule has 94 valence electrons. The minimum atomic E-state index is -0.528. The Morgan fingerprint density at radius 1 is 1.76 bits per heavy atom. The predicted molar refractivity (Wildman–Crippen MR) is 62.3 cm³/mol. The molecule has 5 heteroatoms. The molecule has 2 rings (SSSR count). The lowest BCUT2D eigenvalue weighted by Crippen LogP contribution is -2.52. The standard InChI is InChI=1S/C12H18N2O3/c1-12(5-3-6-13-12)11(16)14-9(8-15)10-4-2-7-17-10/h2,4,7,9,13,15H,3,5-6,8H2,1H3,(H,14,16). The molecule has 1 fully saturated rings. The second-order valence-corrected chi connectivity index (χ2v) is 4.59. The van der Waals surface area contributed by atoms with Crippen molar-refractivity contribution in [2.24, 2.45) is 0 Å². The van der Waals surface area contributed by atoms with E-state index in [0.717, 1.165) is 19.4 Å². The zero-order chi connectivity index (χ0) is 12.3. The van der Waals surface area contributed by atoms with Gasteiger partial charge in [0.2, 0.25) is 5.91 Å². The highest BCUT2D eigenvalue weighted by molar-refractivity contribution is 5.86. The monoisotopic (exact) mass is 238 g/mol. The van der Waals surface area contributed by atoms with E-state index in [1.54, 1.807) is 12.1 Å². The van der Waals surface area contributed by atoms with Gasteiger partial charge in [-0.25, -0.2) is 0 Å². The maximum atomic E-state index is 12.1. The largest absolute Gasteiger partial charge is 0.467 e. The van der Waals surface area contributed by atoms with Gasteiger partial charge < -0.3 is 20.2 Å². The van der Waals surface area contributed by atoms with Crippen LogP contribution in [0.3, 0.4) is 0 Å². The van der Waals surface area contributed by atoms with E-state index in [0.29, 0.717) is 5.76 Å². The maximum absolute atomic E-state index is 12.1. The Bertz CT molecular complexity index is 369. The normalized spacial score (nSPS) is 25.8. The number of carbonyl (C=O) groups is 1. The third kappa shape index (κ3) is 2.50. The molecule has 1 aliphatic heterocycles. The summed E-state index contributed by atoms with van der Waals surface area (Å²) in [7, 11) is 0. The van der Waals surface area contributed by atoms with E-state index < -0.39 is 11.6 Å². The van der Waals surface area contributed by atoms with Crippen LogP contribution in [0.4, 0.5) is 0 Å². The van der Waals surface area contributed by atoms with Gasteiger partial charge in [0.15, 0.2) is 0 Å². The van der Waals surface area contributed by atoms with Crippen LogP contribution < -0.4 is 10.6 Å². The Hall–Kier alpha value is -1.33. The van der Waals surface area contributed by atoms with Crippen LogP contribution >= 0.6 is 0 Å². The number of hydrogen-bond acceptors (Lipinski definition) is 4. The molecule has 0 aliphatic carbocycles. The predicted octanol–water partition coefficient (Wildman–Crippen LogP) is 0.571. The molecule has 5 nitrogen and oxygen atoms in total. The van der Waals surface area contributed by atoms with E-state index >= 15 is 0 Å². The van der Waals surface area contributed by atoms with Crippen LogP contribution in [-0.4, -0.2) is 29.7 Å². The van der Waals surface area contributed by atoms with E-state index in [1.165, 1.54) is 6.26 Å². The summed E-state index contributed by atoms with van der Waals surface area (Å²) in [5.41, 5.74) is -0.528. The van der Waals surface area contributed by atoms with Crippen LogP contribution in [0.5, 0.6) is 0 Å². The fourth-order valence-corrected chi connectivity index (χ4v) is 2.10. The third-order valence-corrected chi connectivity index (χ3v) is 3.24. The fraction of sp³-hybridized carbons (Fsp3) is 0.583. The molecule has 1 aromatic rings. The van der Waals surface area contributed by atoms with E-state index in [9.17, 15) is 9.90 Å². The zero-order valence-electron chi connectivity index (χ0n) is 9.90. The van der Waals surface area contributed by atoms with Crippen LogP contribution in [-0.2, 0) is 4.79 Å². The minimum Gasteiger partial charge on any atom is -0.467 e. The number of amides is 1. The number of aliphatic hydroxyl groups is 1. The summed E-state index contributed by atoms with van der Waals surface area (Å²) >= 11 is 0. The maximum Gasteiger partial charge on any atom is 0.240 e. The Morgan fingerprint density at radius 2 is 2.59 bits per heavy atom. The highest BCUT2D eigenvalue weighted by Gasteiger charge is 2.37. The van der Waals surface area contributed by atoms with Crippen LogP contribution in [0, 0.1) is 0 Å². The van der Waals surface area contributed by atoms with Crippen molar-refractivity contribution in [2.45, 2.75) is 31.3 Å². The first-order chi connectivity index (χ1) is 8.15. The van der Waals surface area contributed by atoms with Crippen LogP contribution in [0.15, 0.2) is 22.8 Å². The minimum absolute atomic E-state index is 0.0922. The molecule has 1 aliphatic rings. The van der Waals surface area contributed by atoms with Gasteiger partial charge in [-0.15, -0.1) is 0 Å². The fourth-order valence-electron chi connectivity index (χ4n) is 2.10. The molecule has 2 atom stereocenters. The van der Waals surface area contributed by atoms with Gasteiger partial charge in [0, 0.05) is 0 Å². The molecule has 0 spiro atoms. The lowest BCUT2D eigenvalue weighted by molar-refractivity contribution is -0.127. The molecular weight excluding hydrogens is 220 g/mol. The third-order valence-electron chi connectivity index (χ3n) is 3.24. The average Bonchev–Trinajstić information content (AvgIpc) is 2.97. The smallest absolute Gasteiger partial charge is 0.240 e. The van der Waals surface area contributed by atoms with Crippen LogP contribution in [0.25, 0.3) is 0 Å². The van der Waals surface area contributed by atoms with E-state index in [4.69, 9.17) is 4.42 Å². The van der Waals surface area contributed by atoms with Crippen LogP contribution in [0.1, 0.15) is 31.6 Å². The molecule has 1 amide bonds. The Kier molecular flexibility index (Phi) is 3.49. The van der Waals surface area contributed by atoms with E-state index in [1.807, 2.05) is 6.92 Å². The van der Waals surface area contributed by atoms with Gasteiger partial charge in [-0.1, -0.05) is 0 Å². The molecule has 0 radical (unpaired) electrons. The summed E-state index contributed by atoms with van der Waals surface area (Å²) in [6.07, 6.45) is 3.34. The molecule has 0 bridgehead atoms. The number of nitrogens with one attached hydrogen (secondary N) is 2. The number of furan rings is 1. The van der Waals surface area contributed by atoms with Gasteiger partial charge in [0.1, 0.15) is 11.8 Å². The van der Waals surface area contributed by atoms with Gasteiger partial charge in [0.05, 0.1) is 18.4 Å². The summed E-state index contributed by atoms with van der Waals surface area (Å²) in [5, 5.41) is 15.3. The quantitative estimate of drug-likeness (QED) is 0.717. The summed E-state index contributed by atoms with van der Waals surface area (Å²) < 4.78 is 5.19. The molecule has 17 heavy (non-hydrogen) atoms. The summed E-state index contributed by atoms with van der Waals surface area (Å²) in [6, 6.07) is 3.00. The lowest BCUT2D eigenvalue weighted by Gasteiger charge is -2.25. The van der Waals surface area contributed by atoms with Gasteiger partial charge in [-0.2, -0.15) is 0 Å². The lowest BCUT2D eigenvalue weighted by atomic mass is 9.98. The Labute approximate surface area is 100 Å². The Balaban J connectivity index is 2.02. The van der Waals surface area contributed by atoms with E-state index in [-0.39, 0.29) is 12.5 Å². The van der Waals surface area contributed by atoms with Crippen molar-refractivity contribution in [3.63, 3.8) is 0 Å². The molecule has 2 unspecified atom stereocenters. The molecule has 3 N–H and O–H groups in total. The van der Waals surface area contributed by atoms with Crippen molar-refractivity contribution in [3.05, 3.63) is 24.2 Å². The zero-order valence-corrected chi connectivity index (χ0v) is 9.90. The van der Waals surface area contributed by atoms with Gasteiger partial charge in [0.25, 0.3) is 0 Å².